The van der Waals surface area contributed by atoms with E-state index < -0.39 is 5.82 Å². The number of aryl methyl sites for hydroxylation is 2. The van der Waals surface area contributed by atoms with E-state index >= 15 is 0 Å². The Morgan fingerprint density at radius 1 is 1.12 bits per heavy atom. The van der Waals surface area contributed by atoms with Gasteiger partial charge in [-0.1, -0.05) is 17.7 Å². The predicted octanol–water partition coefficient (Wildman–Crippen LogP) is 4.07. The van der Waals surface area contributed by atoms with Gasteiger partial charge in [-0.15, -0.1) is 0 Å². The molecule has 128 valence electrons. The second-order valence-electron chi connectivity index (χ2n) is 6.03. The van der Waals surface area contributed by atoms with Gasteiger partial charge < -0.3 is 9.73 Å². The van der Waals surface area contributed by atoms with E-state index in [9.17, 15) is 9.18 Å². The molecule has 25 heavy (non-hydrogen) atoms. The van der Waals surface area contributed by atoms with E-state index in [4.69, 9.17) is 4.42 Å². The van der Waals surface area contributed by atoms with Crippen molar-refractivity contribution in [2.45, 2.75) is 20.3 Å². The largest absolute Gasteiger partial charge is 0.444 e. The van der Waals surface area contributed by atoms with Gasteiger partial charge in [-0.25, -0.2) is 9.37 Å². The molecule has 0 aliphatic rings. The fourth-order valence-corrected chi connectivity index (χ4v) is 2.52. The first kappa shape index (κ1) is 16.9. The maximum absolute atomic E-state index is 13.4. The zero-order chi connectivity index (χ0) is 17.8. The molecule has 0 saturated carbocycles. The average molecular weight is 338 g/mol. The molecule has 0 atom stereocenters. The summed E-state index contributed by atoms with van der Waals surface area (Å²) < 4.78 is 18.9. The average Bonchev–Trinajstić information content (AvgIpc) is 3.03. The van der Waals surface area contributed by atoms with Crippen LogP contribution in [0.25, 0.3) is 11.5 Å². The Bertz CT molecular complexity index is 865. The number of oxazole rings is 1. The summed E-state index contributed by atoms with van der Waals surface area (Å²) in [6.45, 7) is 4.17. The Hall–Kier alpha value is -2.95. The Kier molecular flexibility index (Phi) is 4.93. The first-order valence-electron chi connectivity index (χ1n) is 8.08. The quantitative estimate of drug-likeness (QED) is 0.763. The molecule has 1 aromatic heterocycles. The van der Waals surface area contributed by atoms with Crippen LogP contribution in [0.15, 0.2) is 53.1 Å². The topological polar surface area (TPSA) is 55.1 Å². The summed E-state index contributed by atoms with van der Waals surface area (Å²) in [7, 11) is 0. The number of aromatic nitrogens is 1. The van der Waals surface area contributed by atoms with Crippen LogP contribution in [0.4, 0.5) is 4.39 Å². The predicted molar refractivity (Wildman–Crippen MR) is 93.9 cm³/mol. The van der Waals surface area contributed by atoms with Crippen LogP contribution < -0.4 is 5.32 Å². The zero-order valence-electron chi connectivity index (χ0n) is 14.2. The molecule has 0 saturated heterocycles. The molecule has 3 rings (SSSR count). The van der Waals surface area contributed by atoms with Gasteiger partial charge in [0.05, 0.1) is 5.69 Å². The van der Waals surface area contributed by atoms with Gasteiger partial charge in [-0.2, -0.15) is 0 Å². The van der Waals surface area contributed by atoms with E-state index in [-0.39, 0.29) is 5.91 Å². The third kappa shape index (κ3) is 4.32. The summed E-state index contributed by atoms with van der Waals surface area (Å²) in [5, 5.41) is 2.77. The molecule has 1 heterocycles. The van der Waals surface area contributed by atoms with Crippen LogP contribution in [-0.2, 0) is 6.42 Å². The van der Waals surface area contributed by atoms with Crippen LogP contribution in [-0.4, -0.2) is 17.4 Å². The van der Waals surface area contributed by atoms with Gasteiger partial charge in [-0.3, -0.25) is 4.79 Å². The van der Waals surface area contributed by atoms with Crippen LogP contribution >= 0.6 is 0 Å². The molecular weight excluding hydrogens is 319 g/mol. The number of carbonyl (C=O) groups is 1. The summed E-state index contributed by atoms with van der Waals surface area (Å²) in [5.74, 6) is -0.156. The number of nitrogens with zero attached hydrogens (tertiary/aromatic N) is 1. The Labute approximate surface area is 145 Å². The third-order valence-electron chi connectivity index (χ3n) is 3.82. The first-order chi connectivity index (χ1) is 12.0. The van der Waals surface area contributed by atoms with Crippen molar-refractivity contribution in [3.63, 3.8) is 0 Å². The van der Waals surface area contributed by atoms with Crippen molar-refractivity contribution < 1.29 is 13.6 Å². The molecule has 4 nitrogen and oxygen atoms in total. The lowest BCUT2D eigenvalue weighted by Crippen LogP contribution is -2.26. The van der Waals surface area contributed by atoms with Crippen molar-refractivity contribution >= 4 is 5.91 Å². The van der Waals surface area contributed by atoms with Crippen LogP contribution in [0.1, 0.15) is 27.2 Å². The van der Waals surface area contributed by atoms with Crippen molar-refractivity contribution in [3.05, 3.63) is 76.9 Å². The Balaban J connectivity index is 1.57. The molecule has 1 N–H and O–H groups in total. The second kappa shape index (κ2) is 7.30. The molecule has 2 aromatic carbocycles. The van der Waals surface area contributed by atoms with Crippen LogP contribution in [0.5, 0.6) is 0 Å². The fourth-order valence-electron chi connectivity index (χ4n) is 2.52. The number of halogens is 1. The standard InChI is InChI=1S/C20H19FN2O2/c1-13-3-5-15(6-4-13)20-23-18(12-25-20)7-8-22-19(24)16-9-14(2)10-17(21)11-16/h3-6,9-12H,7-8H2,1-2H3,(H,22,24). The number of amides is 1. The van der Waals surface area contributed by atoms with E-state index in [1.54, 1.807) is 19.3 Å². The molecule has 0 bridgehead atoms. The lowest BCUT2D eigenvalue weighted by atomic mass is 10.1. The molecule has 5 heteroatoms. The van der Waals surface area contributed by atoms with Gasteiger partial charge >= 0.3 is 0 Å². The summed E-state index contributed by atoms with van der Waals surface area (Å²) in [6, 6.07) is 12.2. The maximum Gasteiger partial charge on any atom is 0.251 e. The molecule has 0 unspecified atom stereocenters. The SMILES string of the molecule is Cc1ccc(-c2nc(CCNC(=O)c3cc(C)cc(F)c3)co2)cc1. The highest BCUT2D eigenvalue weighted by Gasteiger charge is 2.09. The monoisotopic (exact) mass is 338 g/mol. The minimum atomic E-state index is -0.413. The van der Waals surface area contributed by atoms with E-state index in [2.05, 4.69) is 10.3 Å². The number of hydrogen-bond acceptors (Lipinski definition) is 3. The minimum Gasteiger partial charge on any atom is -0.444 e. The molecule has 0 fully saturated rings. The first-order valence-corrected chi connectivity index (χ1v) is 8.08. The van der Waals surface area contributed by atoms with E-state index in [1.165, 1.54) is 17.7 Å². The minimum absolute atomic E-state index is 0.301. The summed E-state index contributed by atoms with van der Waals surface area (Å²) in [4.78, 5) is 16.5. The molecule has 1 amide bonds. The lowest BCUT2D eigenvalue weighted by molar-refractivity contribution is 0.0953. The van der Waals surface area contributed by atoms with Gasteiger partial charge in [0.15, 0.2) is 0 Å². The van der Waals surface area contributed by atoms with Gasteiger partial charge in [0.25, 0.3) is 5.91 Å². The highest BCUT2D eigenvalue weighted by Crippen LogP contribution is 2.19. The van der Waals surface area contributed by atoms with E-state index in [1.807, 2.05) is 31.2 Å². The van der Waals surface area contributed by atoms with Gasteiger partial charge in [0, 0.05) is 24.1 Å². The van der Waals surface area contributed by atoms with E-state index in [0.29, 0.717) is 30.0 Å². The fraction of sp³-hybridized carbons (Fsp3) is 0.200. The molecular formula is C20H19FN2O2. The maximum atomic E-state index is 13.4. The van der Waals surface area contributed by atoms with Crippen molar-refractivity contribution in [2.75, 3.05) is 6.54 Å². The number of carbonyl (C=O) groups excluding carboxylic acids is 1. The second-order valence-corrected chi connectivity index (χ2v) is 6.03. The summed E-state index contributed by atoms with van der Waals surface area (Å²) in [6.07, 6.45) is 2.13. The summed E-state index contributed by atoms with van der Waals surface area (Å²) >= 11 is 0. The molecule has 3 aromatic rings. The van der Waals surface area contributed by atoms with Crippen LogP contribution in [0, 0.1) is 19.7 Å². The molecule has 0 aliphatic carbocycles. The number of benzene rings is 2. The molecule has 0 spiro atoms. The Morgan fingerprint density at radius 2 is 1.88 bits per heavy atom. The number of nitrogens with one attached hydrogen (secondary N) is 1. The zero-order valence-corrected chi connectivity index (χ0v) is 14.2. The van der Waals surface area contributed by atoms with Crippen molar-refractivity contribution in [3.8, 4) is 11.5 Å². The highest BCUT2D eigenvalue weighted by molar-refractivity contribution is 5.94. The highest BCUT2D eigenvalue weighted by atomic mass is 19.1. The van der Waals surface area contributed by atoms with Crippen molar-refractivity contribution in [1.29, 1.82) is 0 Å². The molecule has 0 radical (unpaired) electrons. The van der Waals surface area contributed by atoms with Crippen molar-refractivity contribution in [2.24, 2.45) is 0 Å². The Morgan fingerprint density at radius 3 is 2.60 bits per heavy atom. The number of rotatable bonds is 5. The normalized spacial score (nSPS) is 10.7. The van der Waals surface area contributed by atoms with Gasteiger partial charge in [0.2, 0.25) is 5.89 Å². The summed E-state index contributed by atoms with van der Waals surface area (Å²) in [5.41, 5.74) is 3.87. The van der Waals surface area contributed by atoms with Crippen LogP contribution in [0.3, 0.4) is 0 Å². The van der Waals surface area contributed by atoms with Gasteiger partial charge in [-0.05, 0) is 49.7 Å². The lowest BCUT2D eigenvalue weighted by Gasteiger charge is -2.05. The number of hydrogen-bond donors (Lipinski definition) is 1. The van der Waals surface area contributed by atoms with E-state index in [0.717, 1.165) is 11.3 Å². The smallest absolute Gasteiger partial charge is 0.251 e. The van der Waals surface area contributed by atoms with Crippen molar-refractivity contribution in [1.82, 2.24) is 10.3 Å². The third-order valence-corrected chi connectivity index (χ3v) is 3.82. The van der Waals surface area contributed by atoms with Crippen LogP contribution in [0.2, 0.25) is 0 Å². The molecule has 0 aliphatic heterocycles. The van der Waals surface area contributed by atoms with Gasteiger partial charge in [0.1, 0.15) is 12.1 Å².